The van der Waals surface area contributed by atoms with Gasteiger partial charge in [-0.1, -0.05) is 13.8 Å². The molecule has 1 saturated heterocycles. The van der Waals surface area contributed by atoms with Gasteiger partial charge < -0.3 is 5.32 Å². The second-order valence-electron chi connectivity index (χ2n) is 6.08. The Morgan fingerprint density at radius 2 is 2.06 bits per heavy atom. The number of piperidine rings is 1. The molecule has 3 heteroatoms. The molecular formula is C14H25N3. The van der Waals surface area contributed by atoms with E-state index in [2.05, 4.69) is 30.1 Å². The fourth-order valence-corrected chi connectivity index (χ4v) is 3.34. The van der Waals surface area contributed by atoms with E-state index in [1.165, 1.54) is 25.9 Å². The van der Waals surface area contributed by atoms with Crippen LogP contribution in [0.3, 0.4) is 0 Å². The first kappa shape index (κ1) is 12.9. The third-order valence-corrected chi connectivity index (χ3v) is 5.06. The molecule has 0 aromatic heterocycles. The molecule has 4 unspecified atom stereocenters. The summed E-state index contributed by atoms with van der Waals surface area (Å²) in [6, 6.07) is 3.10. The fraction of sp³-hybridized carbons (Fsp3) is 0.929. The van der Waals surface area contributed by atoms with E-state index in [0.717, 1.165) is 24.7 Å². The van der Waals surface area contributed by atoms with E-state index < -0.39 is 0 Å². The van der Waals surface area contributed by atoms with E-state index in [-0.39, 0.29) is 5.54 Å². The van der Waals surface area contributed by atoms with Crippen LogP contribution in [-0.4, -0.2) is 36.6 Å². The van der Waals surface area contributed by atoms with Crippen LogP contribution < -0.4 is 5.32 Å². The van der Waals surface area contributed by atoms with Gasteiger partial charge in [0, 0.05) is 12.6 Å². The Labute approximate surface area is 105 Å². The molecule has 1 saturated carbocycles. The predicted octanol–water partition coefficient (Wildman–Crippen LogP) is 2.00. The van der Waals surface area contributed by atoms with Crippen molar-refractivity contribution in [1.82, 2.24) is 10.2 Å². The number of likely N-dealkylation sites (tertiary alicyclic amines) is 1. The Kier molecular flexibility index (Phi) is 3.75. The minimum atomic E-state index is -0.253. The summed E-state index contributed by atoms with van der Waals surface area (Å²) < 4.78 is 0. The average Bonchev–Trinajstić information content (AvgIpc) is 2.78. The maximum atomic E-state index is 9.30. The third kappa shape index (κ3) is 2.48. The van der Waals surface area contributed by atoms with Gasteiger partial charge in [-0.05, 0) is 51.1 Å². The largest absolute Gasteiger partial charge is 0.302 e. The monoisotopic (exact) mass is 235 g/mol. The molecule has 0 aromatic carbocycles. The topological polar surface area (TPSA) is 39.1 Å². The molecule has 1 N–H and O–H groups in total. The molecule has 2 fully saturated rings. The van der Waals surface area contributed by atoms with Crippen molar-refractivity contribution < 1.29 is 0 Å². The summed E-state index contributed by atoms with van der Waals surface area (Å²) >= 11 is 0. The Balaban J connectivity index is 1.95. The maximum absolute atomic E-state index is 9.30. The van der Waals surface area contributed by atoms with Gasteiger partial charge in [-0.2, -0.15) is 5.26 Å². The molecule has 4 atom stereocenters. The number of hydrogen-bond donors (Lipinski definition) is 1. The standard InChI is InChI=1S/C14H25N3/c1-11-5-7-17(9-12(11)2)13-4-6-14(8-13,10-15)16-3/h11-13,16H,4-9H2,1-3H3. The van der Waals surface area contributed by atoms with Crippen LogP contribution in [0.2, 0.25) is 0 Å². The van der Waals surface area contributed by atoms with Crippen LogP contribution >= 0.6 is 0 Å². The Hall–Kier alpha value is -0.590. The second kappa shape index (κ2) is 4.96. The summed E-state index contributed by atoms with van der Waals surface area (Å²) in [5.74, 6) is 1.66. The van der Waals surface area contributed by atoms with Crippen molar-refractivity contribution >= 4 is 0 Å². The predicted molar refractivity (Wildman–Crippen MR) is 69.6 cm³/mol. The van der Waals surface area contributed by atoms with E-state index in [0.29, 0.717) is 6.04 Å². The molecular weight excluding hydrogens is 210 g/mol. The fourth-order valence-electron chi connectivity index (χ4n) is 3.34. The zero-order valence-corrected chi connectivity index (χ0v) is 11.4. The first-order chi connectivity index (χ1) is 8.10. The molecule has 3 nitrogen and oxygen atoms in total. The highest BCUT2D eigenvalue weighted by Crippen LogP contribution is 2.35. The minimum Gasteiger partial charge on any atom is -0.302 e. The lowest BCUT2D eigenvalue weighted by molar-refractivity contribution is 0.0953. The van der Waals surface area contributed by atoms with E-state index in [9.17, 15) is 5.26 Å². The average molecular weight is 235 g/mol. The van der Waals surface area contributed by atoms with Crippen molar-refractivity contribution in [1.29, 1.82) is 5.26 Å². The van der Waals surface area contributed by atoms with Gasteiger partial charge in [0.25, 0.3) is 0 Å². The summed E-state index contributed by atoms with van der Waals surface area (Å²) in [4.78, 5) is 2.63. The number of rotatable bonds is 2. The molecule has 1 aliphatic heterocycles. The molecule has 1 heterocycles. The summed E-state index contributed by atoms with van der Waals surface area (Å²) in [6.45, 7) is 7.17. The summed E-state index contributed by atoms with van der Waals surface area (Å²) in [7, 11) is 1.92. The zero-order chi connectivity index (χ0) is 12.5. The summed E-state index contributed by atoms with van der Waals surface area (Å²) in [5, 5.41) is 12.5. The SMILES string of the molecule is CNC1(C#N)CCC(N2CCC(C)C(C)C2)C1. The molecule has 2 rings (SSSR count). The van der Waals surface area contributed by atoms with Gasteiger partial charge in [0.15, 0.2) is 0 Å². The van der Waals surface area contributed by atoms with Crippen LogP contribution in [0.15, 0.2) is 0 Å². The van der Waals surface area contributed by atoms with Crippen LogP contribution in [0.25, 0.3) is 0 Å². The van der Waals surface area contributed by atoms with Crippen molar-refractivity contribution in [3.63, 3.8) is 0 Å². The minimum absolute atomic E-state index is 0.253. The van der Waals surface area contributed by atoms with Gasteiger partial charge in [0.05, 0.1) is 6.07 Å². The van der Waals surface area contributed by atoms with Crippen LogP contribution in [0.1, 0.15) is 39.5 Å². The Bertz CT molecular complexity index is 309. The molecule has 2 aliphatic rings. The number of nitrogens with zero attached hydrogens (tertiary/aromatic N) is 2. The van der Waals surface area contributed by atoms with Crippen LogP contribution in [-0.2, 0) is 0 Å². The maximum Gasteiger partial charge on any atom is 0.108 e. The second-order valence-corrected chi connectivity index (χ2v) is 6.08. The first-order valence-electron chi connectivity index (χ1n) is 6.94. The van der Waals surface area contributed by atoms with E-state index in [4.69, 9.17) is 0 Å². The molecule has 96 valence electrons. The zero-order valence-electron chi connectivity index (χ0n) is 11.4. The highest BCUT2D eigenvalue weighted by atomic mass is 15.2. The quantitative estimate of drug-likeness (QED) is 0.795. The van der Waals surface area contributed by atoms with Gasteiger partial charge in [-0.25, -0.2) is 0 Å². The van der Waals surface area contributed by atoms with Crippen LogP contribution in [0.4, 0.5) is 0 Å². The molecule has 17 heavy (non-hydrogen) atoms. The van der Waals surface area contributed by atoms with Crippen molar-refractivity contribution in [3.05, 3.63) is 0 Å². The lowest BCUT2D eigenvalue weighted by Crippen LogP contribution is -2.46. The van der Waals surface area contributed by atoms with E-state index >= 15 is 0 Å². The van der Waals surface area contributed by atoms with E-state index in [1.807, 2.05) is 7.05 Å². The number of hydrogen-bond acceptors (Lipinski definition) is 3. The summed E-state index contributed by atoms with van der Waals surface area (Å²) in [5.41, 5.74) is -0.253. The Morgan fingerprint density at radius 3 is 2.59 bits per heavy atom. The molecule has 0 spiro atoms. The van der Waals surface area contributed by atoms with Crippen molar-refractivity contribution in [2.45, 2.75) is 51.1 Å². The molecule has 0 aromatic rings. The third-order valence-electron chi connectivity index (χ3n) is 5.06. The normalized spacial score (nSPS) is 43.5. The van der Waals surface area contributed by atoms with Gasteiger partial charge >= 0.3 is 0 Å². The highest BCUT2D eigenvalue weighted by molar-refractivity contribution is 5.13. The lowest BCUT2D eigenvalue weighted by Gasteiger charge is -2.39. The smallest absolute Gasteiger partial charge is 0.108 e. The first-order valence-corrected chi connectivity index (χ1v) is 6.94. The van der Waals surface area contributed by atoms with Crippen molar-refractivity contribution in [3.8, 4) is 6.07 Å². The highest BCUT2D eigenvalue weighted by Gasteiger charge is 2.41. The van der Waals surface area contributed by atoms with Crippen molar-refractivity contribution in [2.75, 3.05) is 20.1 Å². The van der Waals surface area contributed by atoms with E-state index in [1.54, 1.807) is 0 Å². The molecule has 0 bridgehead atoms. The van der Waals surface area contributed by atoms with Gasteiger partial charge in [-0.3, -0.25) is 4.90 Å². The molecule has 1 aliphatic carbocycles. The Morgan fingerprint density at radius 1 is 1.29 bits per heavy atom. The van der Waals surface area contributed by atoms with Crippen LogP contribution in [0, 0.1) is 23.2 Å². The number of nitrogens with one attached hydrogen (secondary N) is 1. The van der Waals surface area contributed by atoms with Crippen molar-refractivity contribution in [2.24, 2.45) is 11.8 Å². The number of nitriles is 1. The lowest BCUT2D eigenvalue weighted by atomic mass is 9.87. The molecule has 0 amide bonds. The molecule has 0 radical (unpaired) electrons. The van der Waals surface area contributed by atoms with Crippen LogP contribution in [0.5, 0.6) is 0 Å². The van der Waals surface area contributed by atoms with Gasteiger partial charge in [0.2, 0.25) is 0 Å². The van der Waals surface area contributed by atoms with Gasteiger partial charge in [-0.15, -0.1) is 0 Å². The summed E-state index contributed by atoms with van der Waals surface area (Å²) in [6.07, 6.45) is 4.50. The van der Waals surface area contributed by atoms with Gasteiger partial charge in [0.1, 0.15) is 5.54 Å².